The van der Waals surface area contributed by atoms with Gasteiger partial charge in [0.15, 0.2) is 0 Å². The van der Waals surface area contributed by atoms with Crippen LogP contribution in [0.5, 0.6) is 0 Å². The van der Waals surface area contributed by atoms with Crippen molar-refractivity contribution in [3.8, 4) is 0 Å². The second kappa shape index (κ2) is 6.00. The minimum Gasteiger partial charge on any atom is -0.299 e. The molecule has 1 atom stereocenters. The van der Waals surface area contributed by atoms with Gasteiger partial charge >= 0.3 is 0 Å². The Kier molecular flexibility index (Phi) is 5.75. The second-order valence-electron chi connectivity index (χ2n) is 5.02. The molecule has 82 valence electrons. The Balaban J connectivity index is 3.85. The van der Waals surface area contributed by atoms with Gasteiger partial charge in [-0.1, -0.05) is 39.8 Å². The van der Waals surface area contributed by atoms with Gasteiger partial charge in [0.2, 0.25) is 0 Å². The number of ketones is 1. The minimum atomic E-state index is -0.181. The molecule has 0 bridgehead atoms. The number of hydrogen-bond acceptors (Lipinski definition) is 1. The number of unbranched alkanes of at least 4 members (excludes halogenated alkanes) is 1. The molecular formula is C13H24O. The van der Waals surface area contributed by atoms with Crippen molar-refractivity contribution in [2.24, 2.45) is 11.3 Å². The van der Waals surface area contributed by atoms with Crippen molar-refractivity contribution in [1.82, 2.24) is 0 Å². The number of carbonyl (C=O) groups excluding carboxylic acids is 1. The average molecular weight is 196 g/mol. The summed E-state index contributed by atoms with van der Waals surface area (Å²) in [6.45, 7) is 10.1. The lowest BCUT2D eigenvalue weighted by Crippen LogP contribution is -2.26. The Morgan fingerprint density at radius 2 is 1.93 bits per heavy atom. The summed E-state index contributed by atoms with van der Waals surface area (Å²) >= 11 is 0. The zero-order chi connectivity index (χ0) is 11.2. The predicted molar refractivity (Wildman–Crippen MR) is 62.3 cm³/mol. The van der Waals surface area contributed by atoms with E-state index in [0.717, 1.165) is 19.3 Å². The van der Waals surface area contributed by atoms with Crippen molar-refractivity contribution in [3.05, 3.63) is 12.2 Å². The fourth-order valence-electron chi connectivity index (χ4n) is 1.58. The van der Waals surface area contributed by atoms with Crippen molar-refractivity contribution in [3.63, 3.8) is 0 Å². The van der Waals surface area contributed by atoms with Gasteiger partial charge in [-0.25, -0.2) is 0 Å². The summed E-state index contributed by atoms with van der Waals surface area (Å²) in [5, 5.41) is 0. The molecule has 1 nitrogen and oxygen atoms in total. The van der Waals surface area contributed by atoms with E-state index < -0.39 is 0 Å². The molecule has 0 aromatic heterocycles. The van der Waals surface area contributed by atoms with Crippen LogP contribution in [0.1, 0.15) is 53.9 Å². The zero-order valence-electron chi connectivity index (χ0n) is 10.3. The first-order valence-corrected chi connectivity index (χ1v) is 5.55. The number of allylic oxidation sites excluding steroid dienone is 2. The molecule has 0 N–H and O–H groups in total. The lowest BCUT2D eigenvalue weighted by Gasteiger charge is -2.21. The van der Waals surface area contributed by atoms with Crippen LogP contribution in [0.15, 0.2) is 12.2 Å². The fourth-order valence-corrected chi connectivity index (χ4v) is 1.58. The van der Waals surface area contributed by atoms with Crippen molar-refractivity contribution in [1.29, 1.82) is 0 Å². The Morgan fingerprint density at radius 1 is 1.36 bits per heavy atom. The van der Waals surface area contributed by atoms with Crippen LogP contribution < -0.4 is 0 Å². The highest BCUT2D eigenvalue weighted by molar-refractivity contribution is 5.85. The summed E-state index contributed by atoms with van der Waals surface area (Å²) in [6, 6.07) is 0. The van der Waals surface area contributed by atoms with Crippen LogP contribution in [-0.4, -0.2) is 5.78 Å². The van der Waals surface area contributed by atoms with Gasteiger partial charge in [0.05, 0.1) is 0 Å². The molecule has 0 heterocycles. The molecule has 0 aliphatic heterocycles. The maximum Gasteiger partial charge on any atom is 0.140 e. The van der Waals surface area contributed by atoms with Crippen molar-refractivity contribution < 1.29 is 4.79 Å². The van der Waals surface area contributed by atoms with Crippen molar-refractivity contribution >= 4 is 5.78 Å². The summed E-state index contributed by atoms with van der Waals surface area (Å²) < 4.78 is 0. The third-order valence-corrected chi connectivity index (χ3v) is 2.43. The number of rotatable bonds is 5. The van der Waals surface area contributed by atoms with E-state index in [-0.39, 0.29) is 11.3 Å². The molecule has 0 saturated heterocycles. The van der Waals surface area contributed by atoms with Crippen LogP contribution in [0.25, 0.3) is 0 Å². The van der Waals surface area contributed by atoms with Gasteiger partial charge in [-0.15, -0.1) is 0 Å². The number of Topliss-reactive ketones (excluding diaryl/α,β-unsaturated/α-hetero) is 1. The molecule has 0 spiro atoms. The van der Waals surface area contributed by atoms with E-state index in [1.807, 2.05) is 34.6 Å². The predicted octanol–water partition coefficient (Wildman–Crippen LogP) is 3.98. The monoisotopic (exact) mass is 196 g/mol. The molecule has 0 aromatic rings. The van der Waals surface area contributed by atoms with Crippen LogP contribution in [0.2, 0.25) is 0 Å². The third-order valence-electron chi connectivity index (χ3n) is 2.43. The Bertz CT molecular complexity index is 196. The van der Waals surface area contributed by atoms with E-state index >= 15 is 0 Å². The number of carbonyl (C=O) groups is 1. The van der Waals surface area contributed by atoms with Crippen LogP contribution in [0.3, 0.4) is 0 Å². The molecule has 1 unspecified atom stereocenters. The van der Waals surface area contributed by atoms with Gasteiger partial charge < -0.3 is 0 Å². The second-order valence-corrected chi connectivity index (χ2v) is 5.02. The maximum absolute atomic E-state index is 11.8. The van der Waals surface area contributed by atoms with E-state index in [9.17, 15) is 4.79 Å². The Labute approximate surface area is 88.6 Å². The van der Waals surface area contributed by atoms with Crippen LogP contribution >= 0.6 is 0 Å². The van der Waals surface area contributed by atoms with Gasteiger partial charge in [0.1, 0.15) is 5.78 Å². The first-order chi connectivity index (χ1) is 6.39. The maximum atomic E-state index is 11.8. The Hall–Kier alpha value is -0.590. The minimum absolute atomic E-state index is 0.181. The largest absolute Gasteiger partial charge is 0.299 e. The summed E-state index contributed by atoms with van der Waals surface area (Å²) in [5.41, 5.74) is -0.181. The van der Waals surface area contributed by atoms with Gasteiger partial charge in [-0.05, 0) is 26.2 Å². The summed E-state index contributed by atoms with van der Waals surface area (Å²) in [5.74, 6) is 0.596. The molecule has 0 saturated carbocycles. The number of hydrogen-bond donors (Lipinski definition) is 0. The van der Waals surface area contributed by atoms with Gasteiger partial charge in [0, 0.05) is 11.3 Å². The average Bonchev–Trinajstić information content (AvgIpc) is 2.09. The van der Waals surface area contributed by atoms with E-state index in [2.05, 4.69) is 12.2 Å². The van der Waals surface area contributed by atoms with Gasteiger partial charge in [0.25, 0.3) is 0 Å². The highest BCUT2D eigenvalue weighted by Gasteiger charge is 2.25. The van der Waals surface area contributed by atoms with Crippen LogP contribution in [0.4, 0.5) is 0 Å². The smallest absolute Gasteiger partial charge is 0.140 e. The quantitative estimate of drug-likeness (QED) is 0.480. The normalized spacial score (nSPS) is 14.6. The van der Waals surface area contributed by atoms with Gasteiger partial charge in [-0.2, -0.15) is 0 Å². The van der Waals surface area contributed by atoms with Gasteiger partial charge in [-0.3, -0.25) is 4.79 Å². The highest BCUT2D eigenvalue weighted by Crippen LogP contribution is 2.23. The van der Waals surface area contributed by atoms with Crippen LogP contribution in [0, 0.1) is 11.3 Å². The molecular weight excluding hydrogens is 172 g/mol. The molecule has 0 aliphatic rings. The lowest BCUT2D eigenvalue weighted by molar-refractivity contribution is -0.130. The Morgan fingerprint density at radius 3 is 2.36 bits per heavy atom. The molecule has 0 amide bonds. The van der Waals surface area contributed by atoms with E-state index in [1.54, 1.807) is 0 Å². The first kappa shape index (κ1) is 13.4. The summed E-state index contributed by atoms with van der Waals surface area (Å²) in [7, 11) is 0. The molecule has 0 fully saturated rings. The van der Waals surface area contributed by atoms with Crippen LogP contribution in [-0.2, 0) is 4.79 Å². The SMILES string of the molecule is CC=CCCCC(C)C(=O)C(C)(C)C. The fraction of sp³-hybridized carbons (Fsp3) is 0.769. The molecule has 0 aliphatic carbocycles. The summed E-state index contributed by atoms with van der Waals surface area (Å²) in [4.78, 5) is 11.8. The van der Waals surface area contributed by atoms with E-state index in [0.29, 0.717) is 5.78 Å². The molecule has 14 heavy (non-hydrogen) atoms. The standard InChI is InChI=1S/C13H24O/c1-6-7-8-9-10-11(2)12(14)13(3,4)5/h6-7,11H,8-10H2,1-5H3. The molecule has 0 rings (SSSR count). The van der Waals surface area contributed by atoms with E-state index in [1.165, 1.54) is 0 Å². The first-order valence-electron chi connectivity index (χ1n) is 5.55. The molecule has 0 radical (unpaired) electrons. The van der Waals surface area contributed by atoms with E-state index in [4.69, 9.17) is 0 Å². The summed E-state index contributed by atoms with van der Waals surface area (Å²) in [6.07, 6.45) is 7.45. The van der Waals surface area contributed by atoms with Crippen molar-refractivity contribution in [2.45, 2.75) is 53.9 Å². The highest BCUT2D eigenvalue weighted by atomic mass is 16.1. The third kappa shape index (κ3) is 5.21. The zero-order valence-corrected chi connectivity index (χ0v) is 10.3. The molecule has 0 aromatic carbocycles. The molecule has 1 heteroatoms. The van der Waals surface area contributed by atoms with Crippen molar-refractivity contribution in [2.75, 3.05) is 0 Å². The topological polar surface area (TPSA) is 17.1 Å². The lowest BCUT2D eigenvalue weighted by atomic mass is 9.82.